The molecule has 2 aromatic heterocycles. The number of amides is 1. The molecule has 0 saturated carbocycles. The lowest BCUT2D eigenvalue weighted by Gasteiger charge is -2.31. The molecule has 0 spiro atoms. The number of rotatable bonds is 5. The average Bonchev–Trinajstić information content (AvgIpc) is 3.33. The molecule has 2 fully saturated rings. The first kappa shape index (κ1) is 21.0. The van der Waals surface area contributed by atoms with Crippen molar-refractivity contribution in [2.45, 2.75) is 33.2 Å². The lowest BCUT2D eigenvalue weighted by molar-refractivity contribution is -0.157. The maximum atomic E-state index is 13.1. The number of pyridine rings is 1. The van der Waals surface area contributed by atoms with Crippen LogP contribution in [0.5, 0.6) is 0 Å². The number of fused-ring (bicyclic) bond motifs is 1. The minimum Gasteiger partial charge on any atom is -0.466 e. The summed E-state index contributed by atoms with van der Waals surface area (Å²) in [5, 5.41) is 3.83. The number of hydrogen-bond donors (Lipinski definition) is 0. The summed E-state index contributed by atoms with van der Waals surface area (Å²) in [5.41, 5.74) is 2.19. The third-order valence-electron chi connectivity index (χ3n) is 6.33. The molecule has 0 N–H and O–H groups in total. The van der Waals surface area contributed by atoms with Crippen molar-refractivity contribution in [2.75, 3.05) is 32.8 Å². The van der Waals surface area contributed by atoms with E-state index < -0.39 is 5.41 Å². The normalized spacial score (nSPS) is 24.3. The number of carbonyl (C=O) groups is 2. The number of likely N-dealkylation sites (tertiary alicyclic amines) is 2. The molecule has 7 heteroatoms. The summed E-state index contributed by atoms with van der Waals surface area (Å²) in [6, 6.07) is 7.92. The minimum atomic E-state index is -0.552. The number of thiophene rings is 1. The first-order chi connectivity index (χ1) is 14.5. The van der Waals surface area contributed by atoms with Gasteiger partial charge in [-0.3, -0.25) is 19.5 Å². The van der Waals surface area contributed by atoms with E-state index >= 15 is 0 Å². The molecule has 30 heavy (non-hydrogen) atoms. The first-order valence-electron chi connectivity index (χ1n) is 10.7. The van der Waals surface area contributed by atoms with E-state index in [1.807, 2.05) is 53.8 Å². The summed E-state index contributed by atoms with van der Waals surface area (Å²) < 4.78 is 5.54. The molecule has 0 aromatic carbocycles. The van der Waals surface area contributed by atoms with Crippen LogP contribution in [0.15, 0.2) is 35.0 Å². The van der Waals surface area contributed by atoms with Gasteiger partial charge in [0.15, 0.2) is 0 Å². The Hall–Kier alpha value is -2.25. The third-order valence-corrected chi connectivity index (χ3v) is 7.01. The van der Waals surface area contributed by atoms with Gasteiger partial charge in [0.1, 0.15) is 0 Å². The maximum Gasteiger partial charge on any atom is 0.313 e. The molecule has 2 saturated heterocycles. The largest absolute Gasteiger partial charge is 0.466 e. The average molecular weight is 428 g/mol. The highest BCUT2D eigenvalue weighted by Crippen LogP contribution is 2.44. The third kappa shape index (κ3) is 4.14. The molecular weight excluding hydrogens is 398 g/mol. The van der Waals surface area contributed by atoms with E-state index in [1.165, 1.54) is 11.3 Å². The van der Waals surface area contributed by atoms with E-state index in [9.17, 15) is 9.59 Å². The summed E-state index contributed by atoms with van der Waals surface area (Å²) in [5.74, 6) is 0.0145. The molecule has 0 unspecified atom stereocenters. The van der Waals surface area contributed by atoms with Crippen LogP contribution in [0.1, 0.15) is 41.5 Å². The fourth-order valence-corrected chi connectivity index (χ4v) is 5.57. The number of aryl methyl sites for hydroxylation is 1. The Kier molecular flexibility index (Phi) is 6.20. The SMILES string of the molecule is CCOC(=O)[C@]12CCCN(C(=O)c3ccsc3)C[C@H]1CN(Cc1cccc(C)n1)C2. The second-order valence-electron chi connectivity index (χ2n) is 8.38. The van der Waals surface area contributed by atoms with Crippen molar-refractivity contribution in [2.24, 2.45) is 11.3 Å². The van der Waals surface area contributed by atoms with Gasteiger partial charge in [-0.15, -0.1) is 0 Å². The fourth-order valence-electron chi connectivity index (χ4n) is 4.94. The second kappa shape index (κ2) is 8.86. The van der Waals surface area contributed by atoms with Crippen LogP contribution < -0.4 is 0 Å². The minimum absolute atomic E-state index is 0.0615. The standard InChI is InChI=1S/C23H29N3O3S/c1-3-29-22(28)23-9-5-10-26(21(27)18-8-11-30-15-18)13-19(23)12-25(16-23)14-20-7-4-6-17(2)24-20/h4,6-8,11,15,19H,3,5,9-10,12-14,16H2,1-2H3/t19-,23+/m1/s1. The molecule has 2 aromatic rings. The zero-order valence-corrected chi connectivity index (χ0v) is 18.5. The Bertz CT molecular complexity index is 901. The van der Waals surface area contributed by atoms with E-state index in [0.717, 1.165) is 36.3 Å². The first-order valence-corrected chi connectivity index (χ1v) is 11.6. The van der Waals surface area contributed by atoms with Crippen LogP contribution in [0.3, 0.4) is 0 Å². The zero-order chi connectivity index (χ0) is 21.1. The highest BCUT2D eigenvalue weighted by Gasteiger charge is 2.54. The van der Waals surface area contributed by atoms with Crippen LogP contribution in [-0.2, 0) is 16.1 Å². The number of esters is 1. The molecule has 6 nitrogen and oxygen atoms in total. The quantitative estimate of drug-likeness (QED) is 0.685. The van der Waals surface area contributed by atoms with Crippen molar-refractivity contribution in [1.29, 1.82) is 0 Å². The monoisotopic (exact) mass is 427 g/mol. The fraction of sp³-hybridized carbons (Fsp3) is 0.522. The molecule has 0 bridgehead atoms. The van der Waals surface area contributed by atoms with E-state index in [0.29, 0.717) is 32.8 Å². The summed E-state index contributed by atoms with van der Waals surface area (Å²) in [6.45, 7) is 7.63. The summed E-state index contributed by atoms with van der Waals surface area (Å²) >= 11 is 1.53. The van der Waals surface area contributed by atoms with E-state index in [-0.39, 0.29) is 17.8 Å². The van der Waals surface area contributed by atoms with Gasteiger partial charge < -0.3 is 9.64 Å². The van der Waals surface area contributed by atoms with Crippen LogP contribution in [0.25, 0.3) is 0 Å². The number of ether oxygens (including phenoxy) is 1. The van der Waals surface area contributed by atoms with Gasteiger partial charge in [-0.05, 0) is 50.3 Å². The van der Waals surface area contributed by atoms with Crippen molar-refractivity contribution < 1.29 is 14.3 Å². The Balaban J connectivity index is 1.57. The zero-order valence-electron chi connectivity index (χ0n) is 17.7. The molecule has 1 amide bonds. The Labute approximate surface area is 181 Å². The van der Waals surface area contributed by atoms with Gasteiger partial charge in [-0.25, -0.2) is 0 Å². The van der Waals surface area contributed by atoms with Gasteiger partial charge in [-0.2, -0.15) is 11.3 Å². The van der Waals surface area contributed by atoms with Crippen molar-refractivity contribution in [3.8, 4) is 0 Å². The predicted molar refractivity (Wildman–Crippen MR) is 116 cm³/mol. The van der Waals surface area contributed by atoms with Crippen LogP contribution in [0.4, 0.5) is 0 Å². The van der Waals surface area contributed by atoms with E-state index in [4.69, 9.17) is 4.74 Å². The lowest BCUT2D eigenvalue weighted by Crippen LogP contribution is -2.43. The van der Waals surface area contributed by atoms with Crippen LogP contribution in [0.2, 0.25) is 0 Å². The topological polar surface area (TPSA) is 62.7 Å². The van der Waals surface area contributed by atoms with Gasteiger partial charge in [0.05, 0.1) is 23.3 Å². The van der Waals surface area contributed by atoms with Crippen molar-refractivity contribution in [3.63, 3.8) is 0 Å². The summed E-state index contributed by atoms with van der Waals surface area (Å²) in [6.07, 6.45) is 1.56. The van der Waals surface area contributed by atoms with E-state index in [2.05, 4.69) is 9.88 Å². The molecule has 4 rings (SSSR count). The van der Waals surface area contributed by atoms with Gasteiger partial charge in [0, 0.05) is 49.7 Å². The number of hydrogen-bond acceptors (Lipinski definition) is 6. The molecule has 2 atom stereocenters. The molecule has 2 aliphatic rings. The summed E-state index contributed by atoms with van der Waals surface area (Å²) in [7, 11) is 0. The van der Waals surface area contributed by atoms with Crippen LogP contribution in [-0.4, -0.2) is 59.4 Å². The van der Waals surface area contributed by atoms with Crippen molar-refractivity contribution in [1.82, 2.24) is 14.8 Å². The predicted octanol–water partition coefficient (Wildman–Crippen LogP) is 3.37. The Morgan fingerprint density at radius 2 is 2.17 bits per heavy atom. The molecule has 0 radical (unpaired) electrons. The highest BCUT2D eigenvalue weighted by atomic mass is 32.1. The lowest BCUT2D eigenvalue weighted by atomic mass is 9.75. The van der Waals surface area contributed by atoms with Gasteiger partial charge in [0.2, 0.25) is 0 Å². The van der Waals surface area contributed by atoms with Crippen LogP contribution in [0, 0.1) is 18.3 Å². The van der Waals surface area contributed by atoms with Crippen molar-refractivity contribution in [3.05, 3.63) is 52.0 Å². The number of nitrogens with zero attached hydrogens (tertiary/aromatic N) is 3. The second-order valence-corrected chi connectivity index (χ2v) is 9.16. The van der Waals surface area contributed by atoms with Gasteiger partial charge >= 0.3 is 5.97 Å². The molecule has 160 valence electrons. The number of aromatic nitrogens is 1. The Morgan fingerprint density at radius 3 is 2.90 bits per heavy atom. The Morgan fingerprint density at radius 1 is 1.30 bits per heavy atom. The molecule has 2 aliphatic heterocycles. The summed E-state index contributed by atoms with van der Waals surface area (Å²) in [4.78, 5) is 35.0. The highest BCUT2D eigenvalue weighted by molar-refractivity contribution is 7.08. The molecular formula is C23H29N3O3S. The van der Waals surface area contributed by atoms with Gasteiger partial charge in [0.25, 0.3) is 5.91 Å². The smallest absolute Gasteiger partial charge is 0.313 e. The molecule has 4 heterocycles. The van der Waals surface area contributed by atoms with Crippen molar-refractivity contribution >= 4 is 23.2 Å². The van der Waals surface area contributed by atoms with Gasteiger partial charge in [-0.1, -0.05) is 6.07 Å². The molecule has 0 aliphatic carbocycles. The maximum absolute atomic E-state index is 13.1. The van der Waals surface area contributed by atoms with Crippen LogP contribution >= 0.6 is 11.3 Å². The number of carbonyl (C=O) groups excluding carboxylic acids is 2. The van der Waals surface area contributed by atoms with E-state index in [1.54, 1.807) is 0 Å².